The second kappa shape index (κ2) is 12.7. The molecule has 8 aromatic carbocycles. The van der Waals surface area contributed by atoms with E-state index in [1.807, 2.05) is 59.9 Å². The normalized spacial score (nSPS) is 11.9. The van der Waals surface area contributed by atoms with E-state index >= 15 is 0 Å². The van der Waals surface area contributed by atoms with Gasteiger partial charge in [-0.3, -0.25) is 0 Å². The van der Waals surface area contributed by atoms with E-state index in [2.05, 4.69) is 121 Å². The van der Waals surface area contributed by atoms with Crippen LogP contribution in [-0.2, 0) is 0 Å². The Bertz CT molecular complexity index is 3470. The van der Waals surface area contributed by atoms with Crippen molar-refractivity contribution >= 4 is 85.8 Å². The van der Waals surface area contributed by atoms with Gasteiger partial charge in [-0.15, -0.1) is 22.7 Å². The molecule has 12 aromatic rings. The molecule has 5 nitrogen and oxygen atoms in total. The zero-order valence-corrected chi connectivity index (χ0v) is 31.8. The lowest BCUT2D eigenvalue weighted by Crippen LogP contribution is -2.01. The van der Waals surface area contributed by atoms with E-state index in [-0.39, 0.29) is 0 Å². The van der Waals surface area contributed by atoms with Gasteiger partial charge < -0.3 is 4.42 Å². The van der Waals surface area contributed by atoms with Crippen LogP contribution in [0.5, 0.6) is 0 Å². The number of furan rings is 1. The van der Waals surface area contributed by atoms with Crippen molar-refractivity contribution in [2.75, 3.05) is 0 Å². The second-order valence-corrected chi connectivity index (χ2v) is 16.3. The molecule has 12 rings (SSSR count). The molecule has 0 fully saturated rings. The van der Waals surface area contributed by atoms with Crippen molar-refractivity contribution in [3.05, 3.63) is 170 Å². The number of fused-ring (bicyclic) bond motifs is 9. The Hall–Kier alpha value is -7.06. The predicted molar refractivity (Wildman–Crippen MR) is 238 cm³/mol. The fraction of sp³-hybridized carbons (Fsp3) is 0. The van der Waals surface area contributed by atoms with Crippen molar-refractivity contribution in [1.82, 2.24) is 19.9 Å². The van der Waals surface area contributed by atoms with Crippen LogP contribution in [0.25, 0.3) is 119 Å². The smallest absolute Gasteiger partial charge is 0.164 e. The van der Waals surface area contributed by atoms with E-state index in [1.165, 1.54) is 20.2 Å². The van der Waals surface area contributed by atoms with Crippen LogP contribution in [0, 0.1) is 0 Å². The molecule has 0 amide bonds. The highest BCUT2D eigenvalue weighted by Crippen LogP contribution is 2.47. The number of hydrogen-bond donors (Lipinski definition) is 0. The molecule has 0 unspecified atom stereocenters. The molecule has 0 aliphatic rings. The van der Waals surface area contributed by atoms with Gasteiger partial charge in [0, 0.05) is 58.8 Å². The molecule has 0 saturated carbocycles. The molecule has 266 valence electrons. The van der Waals surface area contributed by atoms with Crippen LogP contribution < -0.4 is 0 Å². The first-order valence-electron chi connectivity index (χ1n) is 18.8. The molecular formula is C50H28N4OS2. The molecular weight excluding hydrogens is 737 g/mol. The molecule has 57 heavy (non-hydrogen) atoms. The Morgan fingerprint density at radius 3 is 1.79 bits per heavy atom. The quantitative estimate of drug-likeness (QED) is 0.175. The van der Waals surface area contributed by atoms with E-state index < -0.39 is 0 Å². The number of nitrogens with zero attached hydrogens (tertiary/aromatic N) is 4. The summed E-state index contributed by atoms with van der Waals surface area (Å²) in [7, 11) is 0. The minimum atomic E-state index is 0.634. The molecule has 0 bridgehead atoms. The third-order valence-electron chi connectivity index (χ3n) is 10.8. The Morgan fingerprint density at radius 2 is 1.02 bits per heavy atom. The number of hydrogen-bond acceptors (Lipinski definition) is 7. The van der Waals surface area contributed by atoms with E-state index in [4.69, 9.17) is 24.4 Å². The van der Waals surface area contributed by atoms with Crippen molar-refractivity contribution in [3.63, 3.8) is 0 Å². The number of thiazole rings is 1. The van der Waals surface area contributed by atoms with Crippen LogP contribution in [0.2, 0.25) is 0 Å². The summed E-state index contributed by atoms with van der Waals surface area (Å²) in [6.07, 6.45) is 0. The van der Waals surface area contributed by atoms with Gasteiger partial charge in [-0.05, 0) is 58.8 Å². The van der Waals surface area contributed by atoms with E-state index in [0.29, 0.717) is 17.5 Å². The van der Waals surface area contributed by atoms with E-state index in [1.54, 1.807) is 11.3 Å². The Morgan fingerprint density at radius 1 is 0.386 bits per heavy atom. The molecule has 0 aliphatic carbocycles. The average Bonchev–Trinajstić information content (AvgIpc) is 3.99. The fourth-order valence-corrected chi connectivity index (χ4v) is 10.2. The van der Waals surface area contributed by atoms with Gasteiger partial charge in [0.05, 0.1) is 10.2 Å². The number of aromatic nitrogens is 4. The molecule has 0 spiro atoms. The lowest BCUT2D eigenvalue weighted by atomic mass is 9.94. The van der Waals surface area contributed by atoms with Gasteiger partial charge in [0.1, 0.15) is 16.2 Å². The maximum absolute atomic E-state index is 6.25. The van der Waals surface area contributed by atoms with E-state index in [0.717, 1.165) is 81.3 Å². The first-order chi connectivity index (χ1) is 28.2. The summed E-state index contributed by atoms with van der Waals surface area (Å²) in [5.41, 5.74) is 8.90. The molecule has 0 aliphatic heterocycles. The van der Waals surface area contributed by atoms with Gasteiger partial charge in [-0.2, -0.15) is 0 Å². The SMILES string of the molecule is c1ccc(-c2nc(-c3ccccc3)nc(-c3cc4ccccc4cc3-c3cccc4c3sc3ccc5sc(-c6ccc7c(c6)oc6ccccc67)nc5c34)n2)cc1. The molecule has 4 aromatic heterocycles. The molecule has 0 saturated heterocycles. The number of thiophene rings is 1. The Labute approximate surface area is 334 Å². The highest BCUT2D eigenvalue weighted by molar-refractivity contribution is 7.27. The van der Waals surface area contributed by atoms with Crippen LogP contribution in [0.4, 0.5) is 0 Å². The summed E-state index contributed by atoms with van der Waals surface area (Å²) >= 11 is 3.54. The zero-order valence-electron chi connectivity index (χ0n) is 30.2. The van der Waals surface area contributed by atoms with Crippen LogP contribution in [0.1, 0.15) is 0 Å². The highest BCUT2D eigenvalue weighted by atomic mass is 32.1. The Balaban J connectivity index is 1.06. The first-order valence-corrected chi connectivity index (χ1v) is 20.4. The van der Waals surface area contributed by atoms with E-state index in [9.17, 15) is 0 Å². The highest BCUT2D eigenvalue weighted by Gasteiger charge is 2.21. The topological polar surface area (TPSA) is 64.7 Å². The first kappa shape index (κ1) is 32.2. The van der Waals surface area contributed by atoms with Crippen LogP contribution >= 0.6 is 22.7 Å². The van der Waals surface area contributed by atoms with Crippen LogP contribution in [-0.4, -0.2) is 19.9 Å². The van der Waals surface area contributed by atoms with Gasteiger partial charge in [0.25, 0.3) is 0 Å². The van der Waals surface area contributed by atoms with Gasteiger partial charge in [0.15, 0.2) is 17.5 Å². The maximum Gasteiger partial charge on any atom is 0.164 e. The molecule has 0 radical (unpaired) electrons. The summed E-state index contributed by atoms with van der Waals surface area (Å²) in [4.78, 5) is 20.7. The summed E-state index contributed by atoms with van der Waals surface area (Å²) < 4.78 is 9.82. The minimum Gasteiger partial charge on any atom is -0.456 e. The molecule has 0 atom stereocenters. The lowest BCUT2D eigenvalue weighted by molar-refractivity contribution is 0.669. The van der Waals surface area contributed by atoms with Crippen molar-refractivity contribution in [2.45, 2.75) is 0 Å². The van der Waals surface area contributed by atoms with Crippen LogP contribution in [0.3, 0.4) is 0 Å². The third kappa shape index (κ3) is 5.28. The predicted octanol–water partition coefficient (Wildman–Crippen LogP) is 14.2. The number of benzene rings is 8. The third-order valence-corrected chi connectivity index (χ3v) is 13.0. The molecule has 0 N–H and O–H groups in total. The second-order valence-electron chi connectivity index (χ2n) is 14.2. The summed E-state index contributed by atoms with van der Waals surface area (Å²) in [5.74, 6) is 1.91. The number of para-hydroxylation sites is 1. The molecule has 7 heteroatoms. The largest absolute Gasteiger partial charge is 0.456 e. The number of rotatable bonds is 5. The summed E-state index contributed by atoms with van der Waals surface area (Å²) in [6.45, 7) is 0. The minimum absolute atomic E-state index is 0.634. The van der Waals surface area contributed by atoms with Crippen LogP contribution in [0.15, 0.2) is 174 Å². The van der Waals surface area contributed by atoms with Gasteiger partial charge in [-0.1, -0.05) is 127 Å². The Kier molecular flexibility index (Phi) is 7.20. The van der Waals surface area contributed by atoms with Gasteiger partial charge in [-0.25, -0.2) is 19.9 Å². The fourth-order valence-electron chi connectivity index (χ4n) is 8.05. The van der Waals surface area contributed by atoms with Crippen molar-refractivity contribution in [2.24, 2.45) is 0 Å². The van der Waals surface area contributed by atoms with Crippen molar-refractivity contribution < 1.29 is 4.42 Å². The summed E-state index contributed by atoms with van der Waals surface area (Å²) in [5, 5.41) is 7.87. The summed E-state index contributed by atoms with van der Waals surface area (Å²) in [6, 6.07) is 59.1. The zero-order chi connectivity index (χ0) is 37.5. The average molecular weight is 765 g/mol. The lowest BCUT2D eigenvalue weighted by Gasteiger charge is -2.14. The maximum atomic E-state index is 6.25. The van der Waals surface area contributed by atoms with Crippen molar-refractivity contribution in [3.8, 4) is 55.9 Å². The van der Waals surface area contributed by atoms with Crippen molar-refractivity contribution in [1.29, 1.82) is 0 Å². The molecule has 4 heterocycles. The monoisotopic (exact) mass is 764 g/mol. The van der Waals surface area contributed by atoms with Gasteiger partial charge >= 0.3 is 0 Å². The standard InChI is InChI=1S/C50H28N4OS2/c1-3-12-29(13-4-1)47-52-48(30-14-5-2-6-15-30)54-49(53-47)39-27-32-17-8-7-16-31(32)26-38(39)36-19-11-20-37-44-42(56-46(36)37)24-25-43-45(44)51-50(57-43)33-22-23-35-34-18-9-10-21-40(34)55-41(35)28-33/h1-28H. The van der Waals surface area contributed by atoms with Gasteiger partial charge in [0.2, 0.25) is 0 Å².